The highest BCUT2D eigenvalue weighted by atomic mass is 79.9. The highest BCUT2D eigenvalue weighted by Crippen LogP contribution is 2.38. The average Bonchev–Trinajstić information content (AvgIpc) is 3.01. The molecule has 27 heavy (non-hydrogen) atoms. The van der Waals surface area contributed by atoms with Gasteiger partial charge in [0.15, 0.2) is 4.67 Å². The first-order chi connectivity index (χ1) is 12.9. The molecule has 0 saturated carbocycles. The van der Waals surface area contributed by atoms with Gasteiger partial charge in [-0.15, -0.1) is 0 Å². The van der Waals surface area contributed by atoms with Gasteiger partial charge in [0, 0.05) is 18.7 Å². The van der Waals surface area contributed by atoms with E-state index in [0.29, 0.717) is 29.5 Å². The van der Waals surface area contributed by atoms with Crippen LogP contribution in [-0.2, 0) is 4.79 Å². The summed E-state index contributed by atoms with van der Waals surface area (Å²) in [5.74, 6) is -1.08. The van der Waals surface area contributed by atoms with Gasteiger partial charge in [0.25, 0.3) is 6.01 Å². The molecule has 138 valence electrons. The van der Waals surface area contributed by atoms with Crippen molar-refractivity contribution < 1.29 is 18.7 Å². The molecule has 0 radical (unpaired) electrons. The third-order valence-corrected chi connectivity index (χ3v) is 5.31. The normalized spacial score (nSPS) is 15.4. The van der Waals surface area contributed by atoms with Crippen LogP contribution in [0.5, 0.6) is 0 Å². The number of carboxylic acids is 1. The molecule has 1 fully saturated rings. The smallest absolute Gasteiger partial charge is 0.312 e. The molecule has 0 spiro atoms. The monoisotopic (exact) mass is 430 g/mol. The fourth-order valence-electron chi connectivity index (χ4n) is 3.13. The van der Waals surface area contributed by atoms with Crippen LogP contribution in [0.2, 0.25) is 0 Å². The summed E-state index contributed by atoms with van der Waals surface area (Å²) in [5, 5.41) is 9.22. The predicted molar refractivity (Wildman–Crippen MR) is 103 cm³/mol. The summed E-state index contributed by atoms with van der Waals surface area (Å²) < 4.78 is 19.2. The Labute approximate surface area is 163 Å². The first-order valence-corrected chi connectivity index (χ1v) is 9.16. The number of benzene rings is 2. The zero-order valence-corrected chi connectivity index (χ0v) is 16.0. The molecule has 1 aliphatic heterocycles. The Balaban J connectivity index is 1.55. The maximum Gasteiger partial charge on any atom is 0.312 e. The highest BCUT2D eigenvalue weighted by molar-refractivity contribution is 9.10. The van der Waals surface area contributed by atoms with Crippen molar-refractivity contribution in [2.45, 2.75) is 6.92 Å². The topological polar surface area (TPSA) is 66.6 Å². The van der Waals surface area contributed by atoms with Crippen LogP contribution in [0.15, 0.2) is 57.6 Å². The zero-order chi connectivity index (χ0) is 19.2. The quantitative estimate of drug-likeness (QED) is 0.642. The van der Waals surface area contributed by atoms with Crippen molar-refractivity contribution in [3.63, 3.8) is 0 Å². The van der Waals surface area contributed by atoms with Gasteiger partial charge in [0.1, 0.15) is 16.9 Å². The van der Waals surface area contributed by atoms with Gasteiger partial charge in [-0.25, -0.2) is 4.39 Å². The van der Waals surface area contributed by atoms with Crippen LogP contribution in [-0.4, -0.2) is 29.1 Å². The van der Waals surface area contributed by atoms with E-state index in [2.05, 4.69) is 20.9 Å². The second-order valence-corrected chi connectivity index (χ2v) is 7.65. The molecule has 4 rings (SSSR count). The molecule has 0 bridgehead atoms. The highest BCUT2D eigenvalue weighted by Gasteiger charge is 2.47. The molecule has 1 saturated heterocycles. The van der Waals surface area contributed by atoms with Crippen LogP contribution in [0.4, 0.5) is 10.4 Å². The van der Waals surface area contributed by atoms with Gasteiger partial charge >= 0.3 is 5.97 Å². The van der Waals surface area contributed by atoms with Crippen molar-refractivity contribution in [2.24, 2.45) is 5.41 Å². The number of rotatable bonds is 4. The molecule has 3 aromatic rings. The molecule has 0 amide bonds. The summed E-state index contributed by atoms with van der Waals surface area (Å²) >= 11 is 3.39. The summed E-state index contributed by atoms with van der Waals surface area (Å²) in [6.07, 6.45) is 0. The van der Waals surface area contributed by atoms with E-state index in [1.54, 1.807) is 24.0 Å². The number of aliphatic carboxylic acids is 1. The number of oxazole rings is 1. The Morgan fingerprint density at radius 2 is 1.63 bits per heavy atom. The maximum atomic E-state index is 13.1. The largest absolute Gasteiger partial charge is 0.481 e. The van der Waals surface area contributed by atoms with Gasteiger partial charge < -0.3 is 14.4 Å². The second-order valence-electron chi connectivity index (χ2n) is 6.92. The molecule has 1 aromatic heterocycles. The molecule has 1 N–H and O–H groups in total. The van der Waals surface area contributed by atoms with E-state index >= 15 is 0 Å². The summed E-state index contributed by atoms with van der Waals surface area (Å²) in [4.78, 5) is 17.5. The second kappa shape index (κ2) is 6.49. The van der Waals surface area contributed by atoms with Crippen LogP contribution in [0.3, 0.4) is 0 Å². The van der Waals surface area contributed by atoms with Crippen molar-refractivity contribution in [1.82, 2.24) is 4.98 Å². The Morgan fingerprint density at radius 1 is 1.11 bits per heavy atom. The summed E-state index contributed by atoms with van der Waals surface area (Å²) in [7, 11) is 0. The van der Waals surface area contributed by atoms with Gasteiger partial charge in [-0.05, 0) is 46.1 Å². The number of hydrogen-bond acceptors (Lipinski definition) is 4. The molecular formula is C20H16BrFN2O3. The van der Waals surface area contributed by atoms with Crippen molar-refractivity contribution in [3.8, 4) is 22.4 Å². The third-order valence-electron chi connectivity index (χ3n) is 4.78. The predicted octanol–water partition coefficient (Wildman–Crippen LogP) is 4.82. The van der Waals surface area contributed by atoms with E-state index in [4.69, 9.17) is 4.42 Å². The number of halogens is 2. The Morgan fingerprint density at radius 3 is 2.19 bits per heavy atom. The Bertz CT molecular complexity index is 993. The first-order valence-electron chi connectivity index (χ1n) is 8.37. The minimum atomic E-state index is -0.819. The van der Waals surface area contributed by atoms with E-state index in [0.717, 1.165) is 16.7 Å². The van der Waals surface area contributed by atoms with Crippen molar-refractivity contribution in [2.75, 3.05) is 18.0 Å². The number of carboxylic acid groups (broad SMARTS) is 1. The summed E-state index contributed by atoms with van der Waals surface area (Å²) in [5.41, 5.74) is 2.65. The number of anilines is 1. The van der Waals surface area contributed by atoms with Gasteiger partial charge in [0.05, 0.1) is 0 Å². The summed E-state index contributed by atoms with van der Waals surface area (Å²) in [6, 6.07) is 14.4. The maximum absolute atomic E-state index is 13.1. The minimum Gasteiger partial charge on any atom is -0.481 e. The van der Waals surface area contributed by atoms with Gasteiger partial charge in [-0.1, -0.05) is 36.4 Å². The number of carbonyl (C=O) groups is 1. The van der Waals surface area contributed by atoms with Gasteiger partial charge in [-0.2, -0.15) is 4.98 Å². The van der Waals surface area contributed by atoms with Gasteiger partial charge in [0.2, 0.25) is 0 Å². The van der Waals surface area contributed by atoms with Crippen LogP contribution in [0.25, 0.3) is 22.4 Å². The van der Waals surface area contributed by atoms with Crippen LogP contribution in [0, 0.1) is 11.2 Å². The van der Waals surface area contributed by atoms with Crippen molar-refractivity contribution in [1.29, 1.82) is 0 Å². The molecule has 2 heterocycles. The average molecular weight is 431 g/mol. The number of nitrogens with zero attached hydrogens (tertiary/aromatic N) is 2. The van der Waals surface area contributed by atoms with E-state index < -0.39 is 11.4 Å². The molecule has 0 atom stereocenters. The molecule has 7 heteroatoms. The van der Waals surface area contributed by atoms with E-state index in [1.165, 1.54) is 12.1 Å². The lowest BCUT2D eigenvalue weighted by Gasteiger charge is -2.43. The minimum absolute atomic E-state index is 0.264. The first kappa shape index (κ1) is 17.7. The number of hydrogen-bond donors (Lipinski definition) is 1. The van der Waals surface area contributed by atoms with Crippen molar-refractivity contribution >= 4 is 27.9 Å². The molecule has 0 unspecified atom stereocenters. The lowest BCUT2D eigenvalue weighted by atomic mass is 9.82. The SMILES string of the molecule is CC1(C(=O)O)CN(c2nc(-c3ccc(-c4ccc(F)cc4)cc3)c(Br)o2)C1. The third kappa shape index (κ3) is 3.23. The van der Waals surface area contributed by atoms with Crippen LogP contribution in [0.1, 0.15) is 6.92 Å². The molecule has 1 aliphatic rings. The zero-order valence-electron chi connectivity index (χ0n) is 14.4. The Hall–Kier alpha value is -2.67. The van der Waals surface area contributed by atoms with Crippen LogP contribution >= 0.6 is 15.9 Å². The van der Waals surface area contributed by atoms with E-state index in [-0.39, 0.29) is 5.82 Å². The van der Waals surface area contributed by atoms with E-state index in [9.17, 15) is 14.3 Å². The fourth-order valence-corrected chi connectivity index (χ4v) is 3.60. The molecular weight excluding hydrogens is 415 g/mol. The van der Waals surface area contributed by atoms with Crippen molar-refractivity contribution in [3.05, 3.63) is 59.0 Å². The van der Waals surface area contributed by atoms with E-state index in [1.807, 2.05) is 24.3 Å². The lowest BCUT2D eigenvalue weighted by Crippen LogP contribution is -2.59. The fraction of sp³-hybridized carbons (Fsp3) is 0.200. The molecule has 5 nitrogen and oxygen atoms in total. The van der Waals surface area contributed by atoms with Crippen LogP contribution < -0.4 is 4.90 Å². The van der Waals surface area contributed by atoms with Gasteiger partial charge in [-0.3, -0.25) is 4.79 Å². The molecule has 2 aromatic carbocycles. The summed E-state index contributed by atoms with van der Waals surface area (Å²) in [6.45, 7) is 2.43. The lowest BCUT2D eigenvalue weighted by molar-refractivity contribution is -0.149. The Kier molecular flexibility index (Phi) is 4.26. The number of aromatic nitrogens is 1. The molecule has 0 aliphatic carbocycles. The standard InChI is InChI=1S/C20H16BrFN2O3/c1-20(18(25)26)10-24(11-20)19-23-16(17(21)27-19)14-4-2-12(3-5-14)13-6-8-15(22)9-7-13/h2-9H,10-11H2,1H3,(H,25,26).